The number of hydrogen-bond donors (Lipinski definition) is 2. The average Bonchev–Trinajstić information content (AvgIpc) is 3.19. The Morgan fingerprint density at radius 2 is 2.43 bits per heavy atom. The lowest BCUT2D eigenvalue weighted by molar-refractivity contribution is 0.0926. The van der Waals surface area contributed by atoms with Crippen LogP contribution in [0.25, 0.3) is 0 Å². The third-order valence-corrected chi connectivity index (χ3v) is 4.50. The van der Waals surface area contributed by atoms with Gasteiger partial charge in [0.2, 0.25) is 5.89 Å². The van der Waals surface area contributed by atoms with Gasteiger partial charge in [0.05, 0.1) is 12.1 Å². The number of aromatic nitrogens is 3. The number of rotatable bonds is 4. The highest BCUT2D eigenvalue weighted by atomic mass is 32.1. The first-order valence-corrected chi connectivity index (χ1v) is 7.81. The molecule has 2 aromatic heterocycles. The number of amides is 1. The van der Waals surface area contributed by atoms with Gasteiger partial charge in [0.1, 0.15) is 5.01 Å². The van der Waals surface area contributed by atoms with Gasteiger partial charge >= 0.3 is 0 Å². The fourth-order valence-electron chi connectivity index (χ4n) is 2.26. The van der Waals surface area contributed by atoms with Gasteiger partial charge < -0.3 is 15.2 Å². The summed E-state index contributed by atoms with van der Waals surface area (Å²) in [5.74, 6) is 0.206. The predicted molar refractivity (Wildman–Crippen MR) is 77.0 cm³/mol. The molecule has 3 heterocycles. The monoisotopic (exact) mass is 307 g/mol. The summed E-state index contributed by atoms with van der Waals surface area (Å²) in [7, 11) is 0. The van der Waals surface area contributed by atoms with Crippen molar-refractivity contribution in [2.75, 3.05) is 6.54 Å². The zero-order chi connectivity index (χ0) is 14.8. The average molecular weight is 307 g/mol. The van der Waals surface area contributed by atoms with Crippen LogP contribution >= 0.6 is 11.3 Å². The molecule has 1 fully saturated rings. The third-order valence-electron chi connectivity index (χ3n) is 3.36. The molecular formula is C13H17N5O2S. The van der Waals surface area contributed by atoms with Crippen molar-refractivity contribution >= 4 is 17.2 Å². The van der Waals surface area contributed by atoms with E-state index in [9.17, 15) is 4.79 Å². The van der Waals surface area contributed by atoms with Gasteiger partial charge in [-0.05, 0) is 33.2 Å². The van der Waals surface area contributed by atoms with Gasteiger partial charge in [0, 0.05) is 11.1 Å². The van der Waals surface area contributed by atoms with Crippen LogP contribution in [0.1, 0.15) is 59.1 Å². The van der Waals surface area contributed by atoms with Crippen LogP contribution in [0.5, 0.6) is 0 Å². The van der Waals surface area contributed by atoms with E-state index >= 15 is 0 Å². The van der Waals surface area contributed by atoms with Crippen LogP contribution in [0.15, 0.2) is 9.90 Å². The lowest BCUT2D eigenvalue weighted by atomic mass is 10.2. The Bertz CT molecular complexity index is 632. The highest BCUT2D eigenvalue weighted by Crippen LogP contribution is 2.21. The Morgan fingerprint density at radius 1 is 1.57 bits per heavy atom. The van der Waals surface area contributed by atoms with E-state index in [1.54, 1.807) is 0 Å². The molecule has 8 heteroatoms. The van der Waals surface area contributed by atoms with Crippen LogP contribution in [0.4, 0.5) is 0 Å². The van der Waals surface area contributed by atoms with E-state index in [0.29, 0.717) is 5.89 Å². The molecule has 0 aliphatic carbocycles. The number of thiazole rings is 1. The molecule has 0 bridgehead atoms. The molecule has 1 aliphatic heterocycles. The second kappa shape index (κ2) is 5.90. The maximum absolute atomic E-state index is 12.1. The van der Waals surface area contributed by atoms with Crippen LogP contribution in [0, 0.1) is 6.92 Å². The van der Waals surface area contributed by atoms with Crippen LogP contribution < -0.4 is 10.6 Å². The number of carbonyl (C=O) groups is 1. The molecule has 21 heavy (non-hydrogen) atoms. The van der Waals surface area contributed by atoms with Gasteiger partial charge in [0.15, 0.2) is 0 Å². The van der Waals surface area contributed by atoms with E-state index in [2.05, 4.69) is 25.8 Å². The largest absolute Gasteiger partial charge is 0.340 e. The molecule has 1 saturated heterocycles. The quantitative estimate of drug-likeness (QED) is 0.894. The van der Waals surface area contributed by atoms with Crippen molar-refractivity contribution in [1.29, 1.82) is 0 Å². The third kappa shape index (κ3) is 3.11. The lowest BCUT2D eigenvalue weighted by Gasteiger charge is -2.08. The molecule has 2 N–H and O–H groups in total. The van der Waals surface area contributed by atoms with Crippen molar-refractivity contribution in [3.63, 3.8) is 0 Å². The van der Waals surface area contributed by atoms with Gasteiger partial charge in [-0.1, -0.05) is 5.16 Å². The fraction of sp³-hybridized carbons (Fsp3) is 0.538. The fourth-order valence-corrected chi connectivity index (χ4v) is 3.06. The number of carbonyl (C=O) groups excluding carboxylic acids is 1. The minimum Gasteiger partial charge on any atom is -0.340 e. The summed E-state index contributed by atoms with van der Waals surface area (Å²) in [6, 6.07) is -0.110. The first-order chi connectivity index (χ1) is 10.1. The number of nitrogens with zero attached hydrogens (tertiary/aromatic N) is 3. The van der Waals surface area contributed by atoms with Crippen LogP contribution in [0.3, 0.4) is 0 Å². The normalized spacial score (nSPS) is 19.6. The summed E-state index contributed by atoms with van der Waals surface area (Å²) in [4.78, 5) is 20.7. The predicted octanol–water partition coefficient (Wildman–Crippen LogP) is 1.75. The molecule has 0 spiro atoms. The lowest BCUT2D eigenvalue weighted by Crippen LogP contribution is -2.27. The van der Waals surface area contributed by atoms with E-state index in [-0.39, 0.29) is 23.8 Å². The number of hydrogen-bond acceptors (Lipinski definition) is 7. The molecule has 2 unspecified atom stereocenters. The highest BCUT2D eigenvalue weighted by molar-refractivity contribution is 7.09. The summed E-state index contributed by atoms with van der Waals surface area (Å²) >= 11 is 1.52. The zero-order valence-electron chi connectivity index (χ0n) is 11.9. The molecule has 1 aliphatic rings. The topological polar surface area (TPSA) is 92.9 Å². The van der Waals surface area contributed by atoms with Crippen molar-refractivity contribution in [3.8, 4) is 0 Å². The van der Waals surface area contributed by atoms with Gasteiger partial charge in [-0.25, -0.2) is 4.98 Å². The van der Waals surface area contributed by atoms with E-state index in [1.165, 1.54) is 11.3 Å². The summed E-state index contributed by atoms with van der Waals surface area (Å²) in [6.07, 6.45) is 2.03. The van der Waals surface area contributed by atoms with E-state index in [4.69, 9.17) is 4.52 Å². The van der Waals surface area contributed by atoms with E-state index in [0.717, 1.165) is 30.1 Å². The Morgan fingerprint density at radius 3 is 3.10 bits per heavy atom. The van der Waals surface area contributed by atoms with Crippen molar-refractivity contribution in [2.24, 2.45) is 0 Å². The number of aryl methyl sites for hydroxylation is 1. The maximum atomic E-state index is 12.1. The molecular weight excluding hydrogens is 290 g/mol. The smallest absolute Gasteiger partial charge is 0.293 e. The Hall–Kier alpha value is -1.80. The summed E-state index contributed by atoms with van der Waals surface area (Å²) in [5.41, 5.74) is 0.949. The highest BCUT2D eigenvalue weighted by Gasteiger charge is 2.25. The van der Waals surface area contributed by atoms with Gasteiger partial charge in [0.25, 0.3) is 11.7 Å². The SMILES string of the molecule is Cc1csc(C(C)NC(=O)c2noc(C3CCCN3)n2)n1. The van der Waals surface area contributed by atoms with Crippen LogP contribution in [-0.4, -0.2) is 27.6 Å². The Kier molecular flexibility index (Phi) is 3.98. The van der Waals surface area contributed by atoms with Crippen molar-refractivity contribution < 1.29 is 9.32 Å². The second-order valence-electron chi connectivity index (χ2n) is 5.13. The maximum Gasteiger partial charge on any atom is 0.293 e. The van der Waals surface area contributed by atoms with E-state index < -0.39 is 0 Å². The standard InChI is InChI=1S/C13H17N5O2S/c1-7-6-21-13(15-7)8(2)16-11(19)10-17-12(20-18-10)9-4-3-5-14-9/h6,8-9,14H,3-5H2,1-2H3,(H,16,19). The minimum atomic E-state index is -0.344. The molecule has 2 aromatic rings. The van der Waals surface area contributed by atoms with Gasteiger partial charge in [-0.15, -0.1) is 11.3 Å². The molecule has 112 valence electrons. The zero-order valence-corrected chi connectivity index (χ0v) is 12.7. The molecule has 0 saturated carbocycles. The Balaban J connectivity index is 1.65. The summed E-state index contributed by atoms with van der Waals surface area (Å²) in [5, 5.41) is 12.7. The van der Waals surface area contributed by atoms with Gasteiger partial charge in [-0.3, -0.25) is 4.79 Å². The molecule has 7 nitrogen and oxygen atoms in total. The molecule has 0 radical (unpaired) electrons. The number of nitrogens with one attached hydrogen (secondary N) is 2. The van der Waals surface area contributed by atoms with Crippen molar-refractivity contribution in [2.45, 2.75) is 38.8 Å². The van der Waals surface area contributed by atoms with Crippen LogP contribution in [0.2, 0.25) is 0 Å². The van der Waals surface area contributed by atoms with Crippen molar-refractivity contribution in [3.05, 3.63) is 27.8 Å². The second-order valence-corrected chi connectivity index (χ2v) is 6.02. The van der Waals surface area contributed by atoms with E-state index in [1.807, 2.05) is 19.2 Å². The molecule has 1 amide bonds. The molecule has 3 rings (SSSR count). The summed E-state index contributed by atoms with van der Waals surface area (Å²) in [6.45, 7) is 4.75. The van der Waals surface area contributed by atoms with Crippen LogP contribution in [-0.2, 0) is 0 Å². The van der Waals surface area contributed by atoms with Gasteiger partial charge in [-0.2, -0.15) is 4.98 Å². The summed E-state index contributed by atoms with van der Waals surface area (Å²) < 4.78 is 5.16. The molecule has 0 aromatic carbocycles. The Labute approximate surface area is 126 Å². The first-order valence-electron chi connectivity index (χ1n) is 6.93. The molecule has 2 atom stereocenters. The minimum absolute atomic E-state index is 0.0677. The first kappa shape index (κ1) is 14.2. The van der Waals surface area contributed by atoms with Crippen molar-refractivity contribution in [1.82, 2.24) is 25.8 Å².